The van der Waals surface area contributed by atoms with Crippen molar-refractivity contribution in [1.82, 2.24) is 9.88 Å². The Bertz CT molecular complexity index is 1730. The molecule has 0 bridgehead atoms. The summed E-state index contributed by atoms with van der Waals surface area (Å²) in [7, 11) is 1.63. The SMILES string of the molecule is C=CC(=O)N1CCOC[C@H]1c1ccc(CN2C[C@H]3CC(=O)N(c4cc(C(F)(F)F)cc(C)n4)[C@@H]3C(=O)N(C)c3cccc(C)c32)cc1. The van der Waals surface area contributed by atoms with E-state index >= 15 is 0 Å². The number of carbonyl (C=O) groups is 3. The molecule has 246 valence electrons. The molecule has 0 saturated carbocycles. The number of para-hydroxylation sites is 1. The summed E-state index contributed by atoms with van der Waals surface area (Å²) < 4.78 is 46.9. The van der Waals surface area contributed by atoms with Crippen LogP contribution in [-0.4, -0.2) is 67.0 Å². The predicted octanol–water partition coefficient (Wildman–Crippen LogP) is 5.21. The van der Waals surface area contributed by atoms with E-state index in [0.717, 1.165) is 39.4 Å². The van der Waals surface area contributed by atoms with Gasteiger partial charge in [0.2, 0.25) is 17.7 Å². The van der Waals surface area contributed by atoms with Crippen LogP contribution in [0.25, 0.3) is 0 Å². The summed E-state index contributed by atoms with van der Waals surface area (Å²) in [5.74, 6) is -1.69. The van der Waals surface area contributed by atoms with Crippen LogP contribution in [0, 0.1) is 19.8 Å². The Morgan fingerprint density at radius 1 is 1.11 bits per heavy atom. The molecule has 0 spiro atoms. The molecule has 47 heavy (non-hydrogen) atoms. The maximum absolute atomic E-state index is 14.1. The van der Waals surface area contributed by atoms with Gasteiger partial charge in [-0.25, -0.2) is 4.98 Å². The monoisotopic (exact) mass is 647 g/mol. The maximum Gasteiger partial charge on any atom is 0.416 e. The molecule has 0 N–H and O–H groups in total. The van der Waals surface area contributed by atoms with Crippen molar-refractivity contribution >= 4 is 34.9 Å². The van der Waals surface area contributed by atoms with Crippen LogP contribution in [0.15, 0.2) is 67.3 Å². The first kappa shape index (κ1) is 32.2. The van der Waals surface area contributed by atoms with E-state index < -0.39 is 29.6 Å². The highest BCUT2D eigenvalue weighted by molar-refractivity contribution is 6.10. The van der Waals surface area contributed by atoms with Crippen molar-refractivity contribution in [2.75, 3.05) is 48.1 Å². The Balaban J connectivity index is 1.35. The molecule has 6 rings (SSSR count). The minimum Gasteiger partial charge on any atom is -0.377 e. The van der Waals surface area contributed by atoms with E-state index in [9.17, 15) is 27.6 Å². The lowest BCUT2D eigenvalue weighted by atomic mass is 9.94. The number of carbonyl (C=O) groups excluding carboxylic acids is 3. The molecule has 3 aromatic rings. The van der Waals surface area contributed by atoms with E-state index in [1.807, 2.05) is 49.4 Å². The predicted molar refractivity (Wildman–Crippen MR) is 171 cm³/mol. The van der Waals surface area contributed by atoms with Crippen LogP contribution in [0.1, 0.15) is 40.4 Å². The number of alkyl halides is 3. The topological polar surface area (TPSA) is 86.3 Å². The molecule has 9 nitrogen and oxygen atoms in total. The van der Waals surface area contributed by atoms with E-state index in [1.165, 1.54) is 17.9 Å². The fraction of sp³-hybridized carbons (Fsp3) is 0.371. The maximum atomic E-state index is 14.1. The number of aryl methyl sites for hydroxylation is 2. The van der Waals surface area contributed by atoms with Crippen LogP contribution in [0.3, 0.4) is 0 Å². The second-order valence-corrected chi connectivity index (χ2v) is 12.3. The number of amides is 3. The zero-order valence-corrected chi connectivity index (χ0v) is 26.5. The third-order valence-electron chi connectivity index (χ3n) is 9.20. The first-order valence-electron chi connectivity index (χ1n) is 15.5. The van der Waals surface area contributed by atoms with Crippen LogP contribution >= 0.6 is 0 Å². The molecule has 0 aliphatic carbocycles. The molecule has 3 atom stereocenters. The number of halogens is 3. The van der Waals surface area contributed by atoms with E-state index in [0.29, 0.717) is 38.5 Å². The molecule has 3 aliphatic heterocycles. The minimum atomic E-state index is -4.64. The molecular formula is C35H36F3N5O4. The fourth-order valence-electron chi connectivity index (χ4n) is 6.97. The number of morpholine rings is 1. The number of nitrogens with zero attached hydrogens (tertiary/aromatic N) is 5. The average molecular weight is 648 g/mol. The van der Waals surface area contributed by atoms with Gasteiger partial charge >= 0.3 is 6.18 Å². The number of benzene rings is 2. The van der Waals surface area contributed by atoms with Gasteiger partial charge in [0.15, 0.2) is 0 Å². The van der Waals surface area contributed by atoms with Crippen LogP contribution in [0.2, 0.25) is 0 Å². The van der Waals surface area contributed by atoms with Gasteiger partial charge < -0.3 is 19.4 Å². The van der Waals surface area contributed by atoms with E-state index in [-0.39, 0.29) is 35.8 Å². The van der Waals surface area contributed by atoms with Crippen molar-refractivity contribution in [3.63, 3.8) is 0 Å². The molecular weight excluding hydrogens is 611 g/mol. The summed E-state index contributed by atoms with van der Waals surface area (Å²) in [5, 5.41) is 0. The zero-order chi connectivity index (χ0) is 33.6. The second kappa shape index (κ2) is 12.5. The summed E-state index contributed by atoms with van der Waals surface area (Å²) in [5.41, 5.74) is 3.48. The molecule has 2 fully saturated rings. The number of likely N-dealkylation sites (N-methyl/N-ethyl adjacent to an activating group) is 1. The number of hydrogen-bond acceptors (Lipinski definition) is 6. The first-order valence-corrected chi connectivity index (χ1v) is 15.5. The van der Waals surface area contributed by atoms with Gasteiger partial charge in [0.1, 0.15) is 11.9 Å². The van der Waals surface area contributed by atoms with Gasteiger partial charge in [-0.1, -0.05) is 43.0 Å². The van der Waals surface area contributed by atoms with Gasteiger partial charge in [-0.3, -0.25) is 19.3 Å². The van der Waals surface area contributed by atoms with Gasteiger partial charge in [-0.2, -0.15) is 13.2 Å². The summed E-state index contributed by atoms with van der Waals surface area (Å²) in [6.07, 6.45) is -3.35. The second-order valence-electron chi connectivity index (χ2n) is 12.3. The third kappa shape index (κ3) is 6.09. The smallest absolute Gasteiger partial charge is 0.377 e. The molecule has 2 saturated heterocycles. The Kier molecular flexibility index (Phi) is 8.56. The minimum absolute atomic E-state index is 0.0211. The fourth-order valence-corrected chi connectivity index (χ4v) is 6.97. The molecule has 12 heteroatoms. The lowest BCUT2D eigenvalue weighted by molar-refractivity contribution is -0.137. The highest BCUT2D eigenvalue weighted by atomic mass is 19.4. The van der Waals surface area contributed by atoms with Crippen molar-refractivity contribution in [1.29, 1.82) is 0 Å². The average Bonchev–Trinajstić information content (AvgIpc) is 3.37. The van der Waals surface area contributed by atoms with Gasteiger partial charge in [-0.05, 0) is 54.8 Å². The quantitative estimate of drug-likeness (QED) is 0.354. The lowest BCUT2D eigenvalue weighted by Gasteiger charge is -2.39. The molecule has 0 radical (unpaired) electrons. The van der Waals surface area contributed by atoms with Crippen molar-refractivity contribution in [3.8, 4) is 0 Å². The molecule has 4 heterocycles. The van der Waals surface area contributed by atoms with Gasteiger partial charge in [0, 0.05) is 44.7 Å². The van der Waals surface area contributed by atoms with Gasteiger partial charge in [0.25, 0.3) is 0 Å². The van der Waals surface area contributed by atoms with Crippen LogP contribution in [0.4, 0.5) is 30.4 Å². The van der Waals surface area contributed by atoms with Gasteiger partial charge in [0.05, 0.1) is 36.2 Å². The van der Waals surface area contributed by atoms with Crippen LogP contribution < -0.4 is 14.7 Å². The number of anilines is 3. The number of pyridine rings is 1. The normalized spacial score (nSPS) is 21.7. The Morgan fingerprint density at radius 3 is 2.55 bits per heavy atom. The molecule has 2 aromatic carbocycles. The zero-order valence-electron chi connectivity index (χ0n) is 26.5. The summed E-state index contributed by atoms with van der Waals surface area (Å²) in [4.78, 5) is 51.0. The van der Waals surface area contributed by atoms with E-state index in [4.69, 9.17) is 4.74 Å². The molecule has 3 aliphatic rings. The molecule has 0 unspecified atom stereocenters. The van der Waals surface area contributed by atoms with Crippen LogP contribution in [-0.2, 0) is 31.8 Å². The highest BCUT2D eigenvalue weighted by Gasteiger charge is 2.49. The highest BCUT2D eigenvalue weighted by Crippen LogP contribution is 2.42. The number of rotatable bonds is 5. The molecule has 3 amide bonds. The Hall–Kier alpha value is -4.71. The summed E-state index contributed by atoms with van der Waals surface area (Å²) in [6.45, 7) is 9.08. The molecule has 1 aromatic heterocycles. The number of hydrogen-bond donors (Lipinski definition) is 0. The first-order chi connectivity index (χ1) is 22.4. The lowest BCUT2D eigenvalue weighted by Crippen LogP contribution is -2.52. The van der Waals surface area contributed by atoms with Crippen molar-refractivity contribution in [3.05, 3.63) is 95.2 Å². The largest absolute Gasteiger partial charge is 0.416 e. The van der Waals surface area contributed by atoms with Crippen molar-refractivity contribution in [2.24, 2.45) is 5.92 Å². The van der Waals surface area contributed by atoms with E-state index in [2.05, 4.69) is 16.5 Å². The van der Waals surface area contributed by atoms with Gasteiger partial charge in [-0.15, -0.1) is 0 Å². The van der Waals surface area contributed by atoms with Crippen LogP contribution in [0.5, 0.6) is 0 Å². The summed E-state index contributed by atoms with van der Waals surface area (Å²) >= 11 is 0. The number of ether oxygens (including phenoxy) is 1. The van der Waals surface area contributed by atoms with Crippen molar-refractivity contribution in [2.45, 2.75) is 45.1 Å². The van der Waals surface area contributed by atoms with Crippen molar-refractivity contribution < 1.29 is 32.3 Å². The number of aromatic nitrogens is 1. The standard InChI is InChI=1S/C35H36F3N5O4/c1-5-30(44)42-13-14-47-20-28(42)24-11-9-23(10-12-24)18-41-19-25-16-31(45)43(29-17-26(35(36,37)38)15-22(3)39-29)33(25)34(46)40(4)27-8-6-7-21(2)32(27)41/h5-12,15,17,25,28,33H,1,13-14,16,18-20H2,2-4H3/t25-,28+,33+/m1/s1. The Labute approximate surface area is 271 Å². The third-order valence-corrected chi connectivity index (χ3v) is 9.20. The van der Waals surface area contributed by atoms with E-state index in [1.54, 1.807) is 11.9 Å². The Morgan fingerprint density at radius 2 is 1.85 bits per heavy atom. The summed E-state index contributed by atoms with van der Waals surface area (Å²) in [6, 6.07) is 14.1. The number of fused-ring (bicyclic) bond motifs is 2.